The summed E-state index contributed by atoms with van der Waals surface area (Å²) in [7, 11) is 0. The molecule has 0 radical (unpaired) electrons. The van der Waals surface area contributed by atoms with Gasteiger partial charge in [0.05, 0.1) is 10.7 Å². The van der Waals surface area contributed by atoms with Crippen molar-refractivity contribution in [1.82, 2.24) is 4.57 Å². The van der Waals surface area contributed by atoms with Gasteiger partial charge in [-0.1, -0.05) is 29.3 Å². The normalized spacial score (nSPS) is 11.6. The lowest BCUT2D eigenvalue weighted by Crippen LogP contribution is -2.32. The number of pyridine rings is 1. The predicted molar refractivity (Wildman–Crippen MR) is 91.3 cm³/mol. The van der Waals surface area contributed by atoms with Crippen molar-refractivity contribution in [2.75, 3.05) is 5.32 Å². The van der Waals surface area contributed by atoms with Crippen molar-refractivity contribution in [1.29, 1.82) is 0 Å². The fourth-order valence-electron chi connectivity index (χ4n) is 1.85. The molecule has 1 amide bonds. The van der Waals surface area contributed by atoms with Gasteiger partial charge in [-0.05, 0) is 31.2 Å². The Morgan fingerprint density at radius 3 is 2.71 bits per heavy atom. The van der Waals surface area contributed by atoms with E-state index in [1.807, 2.05) is 0 Å². The Labute approximate surface area is 147 Å². The Kier molecular flexibility index (Phi) is 6.00. The van der Waals surface area contributed by atoms with Crippen LogP contribution in [0.25, 0.3) is 0 Å². The molecule has 0 spiro atoms. The Morgan fingerprint density at radius 2 is 2.00 bits per heavy atom. The van der Waals surface area contributed by atoms with Gasteiger partial charge in [-0.25, -0.2) is 0 Å². The summed E-state index contributed by atoms with van der Waals surface area (Å²) in [5, 5.41) is 3.24. The second-order valence-corrected chi connectivity index (χ2v) is 5.76. The van der Waals surface area contributed by atoms with Gasteiger partial charge in [0.25, 0.3) is 11.5 Å². The fourth-order valence-corrected chi connectivity index (χ4v) is 2.18. The minimum Gasteiger partial charge on any atom is -0.451 e. The largest absolute Gasteiger partial charge is 0.451 e. The number of nitrogens with one attached hydrogen (secondary N) is 1. The predicted octanol–water partition coefficient (Wildman–Crippen LogP) is 2.73. The fraction of sp³-hybridized carbons (Fsp3) is 0.188. The molecule has 126 valence electrons. The highest BCUT2D eigenvalue weighted by Crippen LogP contribution is 2.25. The highest BCUT2D eigenvalue weighted by Gasteiger charge is 2.19. The molecular formula is C16H14Cl2N2O4. The van der Waals surface area contributed by atoms with Crippen molar-refractivity contribution in [2.45, 2.75) is 19.6 Å². The van der Waals surface area contributed by atoms with Gasteiger partial charge in [0, 0.05) is 17.3 Å². The van der Waals surface area contributed by atoms with Crippen LogP contribution in [-0.4, -0.2) is 22.5 Å². The molecule has 0 aliphatic heterocycles. The van der Waals surface area contributed by atoms with Crippen molar-refractivity contribution in [3.63, 3.8) is 0 Å². The number of hydrogen-bond acceptors (Lipinski definition) is 4. The first-order chi connectivity index (χ1) is 11.4. The number of amides is 1. The van der Waals surface area contributed by atoms with Crippen LogP contribution in [0.3, 0.4) is 0 Å². The second-order valence-electron chi connectivity index (χ2n) is 4.91. The molecule has 1 aromatic carbocycles. The van der Waals surface area contributed by atoms with E-state index in [1.54, 1.807) is 18.2 Å². The quantitative estimate of drug-likeness (QED) is 0.823. The summed E-state index contributed by atoms with van der Waals surface area (Å²) in [6.07, 6.45) is 0.395. The molecule has 0 saturated carbocycles. The Hall–Kier alpha value is -2.31. The van der Waals surface area contributed by atoms with Crippen molar-refractivity contribution in [2.24, 2.45) is 0 Å². The van der Waals surface area contributed by atoms with E-state index in [4.69, 9.17) is 27.9 Å². The molecule has 0 fully saturated rings. The third-order valence-electron chi connectivity index (χ3n) is 3.06. The molecule has 0 bridgehead atoms. The number of carbonyl (C=O) groups is 2. The summed E-state index contributed by atoms with van der Waals surface area (Å²) in [5.74, 6) is -1.27. The van der Waals surface area contributed by atoms with E-state index < -0.39 is 18.0 Å². The van der Waals surface area contributed by atoms with Crippen LogP contribution in [0.5, 0.6) is 0 Å². The number of ether oxygens (including phenoxy) is 1. The van der Waals surface area contributed by atoms with Gasteiger partial charge in [0.15, 0.2) is 6.10 Å². The Bertz CT molecular complexity index is 820. The summed E-state index contributed by atoms with van der Waals surface area (Å²) < 4.78 is 6.21. The van der Waals surface area contributed by atoms with Crippen LogP contribution in [0.4, 0.5) is 5.69 Å². The van der Waals surface area contributed by atoms with Gasteiger partial charge in [-0.15, -0.1) is 0 Å². The van der Waals surface area contributed by atoms with E-state index in [-0.39, 0.29) is 12.1 Å². The summed E-state index contributed by atoms with van der Waals surface area (Å²) >= 11 is 11.8. The lowest BCUT2D eigenvalue weighted by molar-refractivity contribution is -0.153. The highest BCUT2D eigenvalue weighted by atomic mass is 35.5. The number of aromatic nitrogens is 1. The molecule has 1 aromatic heterocycles. The van der Waals surface area contributed by atoms with Crippen LogP contribution in [0, 0.1) is 0 Å². The summed E-state index contributed by atoms with van der Waals surface area (Å²) in [5.41, 5.74) is -0.0198. The van der Waals surface area contributed by atoms with Crippen molar-refractivity contribution in [3.8, 4) is 0 Å². The smallest absolute Gasteiger partial charge is 0.326 e. The number of carbonyl (C=O) groups excluding carboxylic acids is 2. The average molecular weight is 369 g/mol. The van der Waals surface area contributed by atoms with Crippen molar-refractivity contribution < 1.29 is 14.3 Å². The molecule has 24 heavy (non-hydrogen) atoms. The summed E-state index contributed by atoms with van der Waals surface area (Å²) in [6, 6.07) is 9.12. The zero-order chi connectivity index (χ0) is 17.7. The van der Waals surface area contributed by atoms with Gasteiger partial charge in [-0.2, -0.15) is 0 Å². The minimum absolute atomic E-state index is 0.283. The van der Waals surface area contributed by atoms with Gasteiger partial charge in [0.1, 0.15) is 6.54 Å². The maximum atomic E-state index is 12.1. The first-order valence-electron chi connectivity index (χ1n) is 6.97. The minimum atomic E-state index is -1.06. The molecule has 0 saturated heterocycles. The second kappa shape index (κ2) is 7.99. The first-order valence-corrected chi connectivity index (χ1v) is 7.73. The zero-order valence-corrected chi connectivity index (χ0v) is 14.2. The van der Waals surface area contributed by atoms with Crippen LogP contribution in [0.2, 0.25) is 10.0 Å². The van der Waals surface area contributed by atoms with Crippen molar-refractivity contribution >= 4 is 40.8 Å². The van der Waals surface area contributed by atoms with E-state index >= 15 is 0 Å². The summed E-state index contributed by atoms with van der Waals surface area (Å²) in [4.78, 5) is 35.4. The molecule has 0 aliphatic rings. The third kappa shape index (κ3) is 4.84. The number of nitrogens with zero attached hydrogens (tertiary/aromatic N) is 1. The maximum absolute atomic E-state index is 12.1. The Balaban J connectivity index is 1.96. The first kappa shape index (κ1) is 18.0. The highest BCUT2D eigenvalue weighted by molar-refractivity contribution is 6.35. The number of benzene rings is 1. The third-order valence-corrected chi connectivity index (χ3v) is 3.63. The van der Waals surface area contributed by atoms with E-state index in [0.717, 1.165) is 0 Å². The van der Waals surface area contributed by atoms with Crippen LogP contribution in [0.15, 0.2) is 47.4 Å². The monoisotopic (exact) mass is 368 g/mol. The van der Waals surface area contributed by atoms with Gasteiger partial charge < -0.3 is 14.6 Å². The van der Waals surface area contributed by atoms with E-state index in [1.165, 1.54) is 35.9 Å². The number of halogens is 2. The molecule has 0 unspecified atom stereocenters. The SMILES string of the molecule is C[C@@H](OC(=O)Cn1ccccc1=O)C(=O)Nc1cc(Cl)ccc1Cl. The molecule has 0 aliphatic carbocycles. The average Bonchev–Trinajstić information content (AvgIpc) is 2.53. The molecule has 2 aromatic rings. The number of esters is 1. The molecule has 1 heterocycles. The van der Waals surface area contributed by atoms with Gasteiger partial charge in [-0.3, -0.25) is 14.4 Å². The van der Waals surface area contributed by atoms with Crippen LogP contribution in [-0.2, 0) is 20.9 Å². The molecule has 8 heteroatoms. The van der Waals surface area contributed by atoms with Crippen LogP contribution >= 0.6 is 23.2 Å². The molecular weight excluding hydrogens is 355 g/mol. The van der Waals surface area contributed by atoms with Gasteiger partial charge in [0.2, 0.25) is 0 Å². The van der Waals surface area contributed by atoms with Crippen molar-refractivity contribution in [3.05, 3.63) is 63.0 Å². The molecule has 6 nitrogen and oxygen atoms in total. The summed E-state index contributed by atoms with van der Waals surface area (Å²) in [6.45, 7) is 1.13. The van der Waals surface area contributed by atoms with E-state index in [2.05, 4.69) is 5.32 Å². The molecule has 2 rings (SSSR count). The van der Waals surface area contributed by atoms with Gasteiger partial charge >= 0.3 is 5.97 Å². The molecule has 1 N–H and O–H groups in total. The number of anilines is 1. The lowest BCUT2D eigenvalue weighted by atomic mass is 10.3. The topological polar surface area (TPSA) is 77.4 Å². The number of rotatable bonds is 5. The van der Waals surface area contributed by atoms with Crippen LogP contribution in [0.1, 0.15) is 6.92 Å². The standard InChI is InChI=1S/C16H14Cl2N2O4/c1-10(16(23)19-13-8-11(17)5-6-12(13)18)24-15(22)9-20-7-3-2-4-14(20)21/h2-8,10H,9H2,1H3,(H,19,23)/t10-/m1/s1. The van der Waals surface area contributed by atoms with E-state index in [9.17, 15) is 14.4 Å². The maximum Gasteiger partial charge on any atom is 0.326 e. The Morgan fingerprint density at radius 1 is 1.25 bits per heavy atom. The van der Waals surface area contributed by atoms with E-state index in [0.29, 0.717) is 15.7 Å². The van der Waals surface area contributed by atoms with Crippen LogP contribution < -0.4 is 10.9 Å². The zero-order valence-electron chi connectivity index (χ0n) is 12.7. The lowest BCUT2D eigenvalue weighted by Gasteiger charge is -2.14. The molecule has 1 atom stereocenters. The number of hydrogen-bond donors (Lipinski definition) is 1.